The van der Waals surface area contributed by atoms with Crippen LogP contribution in [0.2, 0.25) is 0 Å². The number of hydrazine groups is 1. The van der Waals surface area contributed by atoms with E-state index >= 15 is 0 Å². The van der Waals surface area contributed by atoms with Gasteiger partial charge in [-0.05, 0) is 12.8 Å². The van der Waals surface area contributed by atoms with E-state index in [1.807, 2.05) is 0 Å². The average molecular weight is 402 g/mol. The van der Waals surface area contributed by atoms with Crippen LogP contribution in [0, 0.1) is 5.41 Å². The minimum absolute atomic E-state index is 0.00138. The molecule has 0 amide bonds. The maximum Gasteiger partial charge on any atom is 0.305 e. The number of hydrogen-bond donors (Lipinski definition) is 6. The van der Waals surface area contributed by atoms with E-state index < -0.39 is 60.5 Å². The number of hydrogen-bond acceptors (Lipinski definition) is 8. The van der Waals surface area contributed by atoms with Crippen LogP contribution >= 0.6 is 0 Å². The lowest BCUT2D eigenvalue weighted by atomic mass is 9.60. The third kappa shape index (κ3) is 6.76. The molecule has 1 aliphatic heterocycles. The molecule has 0 saturated heterocycles. The highest BCUT2D eigenvalue weighted by molar-refractivity contribution is 5.77. The summed E-state index contributed by atoms with van der Waals surface area (Å²) in [5.41, 5.74) is 1.29. The van der Waals surface area contributed by atoms with Crippen molar-refractivity contribution >= 4 is 23.9 Å². The van der Waals surface area contributed by atoms with Gasteiger partial charge in [0.15, 0.2) is 0 Å². The smallest absolute Gasteiger partial charge is 0.305 e. The first-order valence-corrected chi connectivity index (χ1v) is 8.89. The first kappa shape index (κ1) is 23.3. The Morgan fingerprint density at radius 2 is 1.25 bits per heavy atom. The fourth-order valence-corrected chi connectivity index (χ4v) is 3.74. The van der Waals surface area contributed by atoms with Crippen LogP contribution in [0.3, 0.4) is 0 Å². The SMILES string of the molecule is O=C(O)CC1(CC(=O)O)CCCCCCNNN=NC1(CC(=O)O)CC(=O)O. The molecule has 0 aromatic heterocycles. The summed E-state index contributed by atoms with van der Waals surface area (Å²) in [4.78, 5) is 46.3. The minimum Gasteiger partial charge on any atom is -0.481 e. The van der Waals surface area contributed by atoms with Gasteiger partial charge in [-0.2, -0.15) is 5.11 Å². The molecule has 0 bridgehead atoms. The van der Waals surface area contributed by atoms with E-state index in [1.165, 1.54) is 0 Å². The minimum atomic E-state index is -2.06. The van der Waals surface area contributed by atoms with Crippen LogP contribution in [0.15, 0.2) is 10.3 Å². The molecule has 12 nitrogen and oxygen atoms in total. The van der Waals surface area contributed by atoms with Gasteiger partial charge in [0.1, 0.15) is 5.54 Å². The number of carboxylic acid groups (broad SMARTS) is 4. The maximum atomic E-state index is 11.6. The standard InChI is InChI=1S/C16H26N4O8/c21-11(22)7-15(8-12(23)24)5-3-1-2-4-6-17-19-20-18-16(15,9-13(25)26)10-14(27)28/h1-10H2,(H,17,20)(H,18,19)(H,21,22)(H,23,24)(H,25,26)(H,27,28). The van der Waals surface area contributed by atoms with Crippen LogP contribution < -0.4 is 11.0 Å². The van der Waals surface area contributed by atoms with E-state index in [2.05, 4.69) is 21.3 Å². The Labute approximate surface area is 161 Å². The Bertz CT molecular complexity index is 590. The highest BCUT2D eigenvalue weighted by Gasteiger charge is 2.56. The molecule has 1 aliphatic rings. The topological polar surface area (TPSA) is 198 Å². The van der Waals surface area contributed by atoms with Crippen molar-refractivity contribution in [2.24, 2.45) is 15.8 Å². The first-order chi connectivity index (χ1) is 13.1. The number of carbonyl (C=O) groups is 4. The van der Waals surface area contributed by atoms with Crippen LogP contribution in [0.25, 0.3) is 0 Å². The number of rotatable bonds is 8. The summed E-state index contributed by atoms with van der Waals surface area (Å²) >= 11 is 0. The second-order valence-corrected chi connectivity index (χ2v) is 7.00. The third-order valence-corrected chi connectivity index (χ3v) is 4.93. The van der Waals surface area contributed by atoms with Gasteiger partial charge in [-0.15, -0.1) is 0 Å². The summed E-state index contributed by atoms with van der Waals surface area (Å²) in [6, 6.07) is 0. The van der Waals surface area contributed by atoms with Gasteiger partial charge in [0.2, 0.25) is 0 Å². The Morgan fingerprint density at radius 1 is 0.750 bits per heavy atom. The quantitative estimate of drug-likeness (QED) is 0.341. The van der Waals surface area contributed by atoms with Gasteiger partial charge in [0.05, 0.1) is 25.7 Å². The second kappa shape index (κ2) is 10.5. The summed E-state index contributed by atoms with van der Waals surface area (Å²) in [6.45, 7) is 0.541. The zero-order valence-corrected chi connectivity index (χ0v) is 15.4. The Hall–Kier alpha value is -2.76. The van der Waals surface area contributed by atoms with Crippen molar-refractivity contribution in [2.75, 3.05) is 6.54 Å². The fraction of sp³-hybridized carbons (Fsp3) is 0.750. The van der Waals surface area contributed by atoms with Crippen molar-refractivity contribution < 1.29 is 39.6 Å². The number of carboxylic acids is 4. The van der Waals surface area contributed by atoms with E-state index in [0.717, 1.165) is 12.8 Å². The van der Waals surface area contributed by atoms with Gasteiger partial charge in [0.25, 0.3) is 0 Å². The third-order valence-electron chi connectivity index (χ3n) is 4.93. The monoisotopic (exact) mass is 402 g/mol. The Kier molecular flexibility index (Phi) is 8.76. The van der Waals surface area contributed by atoms with Crippen molar-refractivity contribution in [3.63, 3.8) is 0 Å². The predicted octanol–water partition coefficient (Wildman–Crippen LogP) is 1.04. The van der Waals surface area contributed by atoms with Crippen molar-refractivity contribution in [2.45, 2.75) is 63.3 Å². The normalized spacial score (nSPS) is 19.4. The van der Waals surface area contributed by atoms with Crippen LogP contribution in [-0.2, 0) is 19.2 Å². The zero-order valence-electron chi connectivity index (χ0n) is 15.4. The largest absolute Gasteiger partial charge is 0.481 e. The molecule has 0 radical (unpaired) electrons. The summed E-state index contributed by atoms with van der Waals surface area (Å²) in [7, 11) is 0. The maximum absolute atomic E-state index is 11.6. The van der Waals surface area contributed by atoms with Crippen molar-refractivity contribution in [1.29, 1.82) is 0 Å². The molecule has 1 heterocycles. The van der Waals surface area contributed by atoms with Crippen LogP contribution in [-0.4, -0.2) is 56.4 Å². The van der Waals surface area contributed by atoms with Crippen LogP contribution in [0.1, 0.15) is 57.8 Å². The Morgan fingerprint density at radius 3 is 1.75 bits per heavy atom. The average Bonchev–Trinajstić information content (AvgIpc) is 2.52. The molecule has 0 spiro atoms. The van der Waals surface area contributed by atoms with Crippen molar-refractivity contribution in [1.82, 2.24) is 11.0 Å². The van der Waals surface area contributed by atoms with E-state index in [0.29, 0.717) is 19.4 Å². The summed E-state index contributed by atoms with van der Waals surface area (Å²) < 4.78 is 0. The summed E-state index contributed by atoms with van der Waals surface area (Å²) in [6.07, 6.45) is -0.622. The first-order valence-electron chi connectivity index (χ1n) is 8.89. The highest BCUT2D eigenvalue weighted by Crippen LogP contribution is 2.50. The molecule has 158 valence electrons. The van der Waals surface area contributed by atoms with Crippen LogP contribution in [0.4, 0.5) is 0 Å². The number of nitrogens with one attached hydrogen (secondary N) is 2. The highest BCUT2D eigenvalue weighted by atomic mass is 16.4. The molecular weight excluding hydrogens is 376 g/mol. The van der Waals surface area contributed by atoms with Crippen molar-refractivity contribution in [3.8, 4) is 0 Å². The van der Waals surface area contributed by atoms with E-state index in [-0.39, 0.29) is 6.42 Å². The lowest BCUT2D eigenvalue weighted by Crippen LogP contribution is -2.52. The van der Waals surface area contributed by atoms with E-state index in [9.17, 15) is 39.6 Å². The predicted molar refractivity (Wildman–Crippen MR) is 93.3 cm³/mol. The molecule has 0 unspecified atom stereocenters. The van der Waals surface area contributed by atoms with Crippen LogP contribution in [0.5, 0.6) is 0 Å². The molecule has 1 rings (SSSR count). The molecule has 0 saturated carbocycles. The van der Waals surface area contributed by atoms with Gasteiger partial charge >= 0.3 is 23.9 Å². The summed E-state index contributed by atoms with van der Waals surface area (Å²) in [5.74, 6) is -5.59. The van der Waals surface area contributed by atoms with Gasteiger partial charge in [-0.1, -0.05) is 24.5 Å². The molecular formula is C16H26N4O8. The molecule has 0 atom stereocenters. The fourth-order valence-electron chi connectivity index (χ4n) is 3.74. The molecule has 0 aromatic carbocycles. The van der Waals surface area contributed by atoms with Gasteiger partial charge < -0.3 is 20.4 Å². The number of aliphatic carboxylic acids is 4. The zero-order chi connectivity index (χ0) is 21.2. The lowest BCUT2D eigenvalue weighted by Gasteiger charge is -2.45. The van der Waals surface area contributed by atoms with Gasteiger partial charge in [-0.25, -0.2) is 11.0 Å². The lowest BCUT2D eigenvalue weighted by molar-refractivity contribution is -0.155. The second-order valence-electron chi connectivity index (χ2n) is 7.00. The van der Waals surface area contributed by atoms with Gasteiger partial charge in [-0.3, -0.25) is 19.2 Å². The molecule has 0 aromatic rings. The molecule has 0 aliphatic carbocycles. The summed E-state index contributed by atoms with van der Waals surface area (Å²) in [5, 5.41) is 45.2. The molecule has 6 N–H and O–H groups in total. The van der Waals surface area contributed by atoms with E-state index in [1.54, 1.807) is 0 Å². The van der Waals surface area contributed by atoms with Gasteiger partial charge in [0, 0.05) is 12.0 Å². The number of nitrogens with zero attached hydrogens (tertiary/aromatic N) is 2. The molecule has 12 heteroatoms. The molecule has 0 fully saturated rings. The Balaban J connectivity index is 3.63. The van der Waals surface area contributed by atoms with E-state index in [4.69, 9.17) is 0 Å². The molecule has 28 heavy (non-hydrogen) atoms. The van der Waals surface area contributed by atoms with Crippen molar-refractivity contribution in [3.05, 3.63) is 0 Å².